The molecule has 1 saturated heterocycles. The fraction of sp³-hybridized carbons (Fsp3) is 0.368. The van der Waals surface area contributed by atoms with Crippen LogP contribution < -0.4 is 11.1 Å². The summed E-state index contributed by atoms with van der Waals surface area (Å²) >= 11 is 6.06. The fourth-order valence-corrected chi connectivity index (χ4v) is 8.14. The molecule has 4 aromatic rings. The van der Waals surface area contributed by atoms with Crippen molar-refractivity contribution >= 4 is 56.1 Å². The number of nitrogens with two attached hydrogens (primary N) is 1. The van der Waals surface area contributed by atoms with E-state index in [2.05, 4.69) is 10.3 Å². The predicted octanol–water partition coefficient (Wildman–Crippen LogP) is 4.69. The molecule has 0 unspecified atom stereocenters. The number of aliphatic hydroxyl groups is 1. The van der Waals surface area contributed by atoms with E-state index in [4.69, 9.17) is 17.3 Å². The first-order chi connectivity index (χ1) is 24.6. The van der Waals surface area contributed by atoms with Gasteiger partial charge in [0.15, 0.2) is 0 Å². The molecule has 1 aromatic heterocycles. The first kappa shape index (κ1) is 38.7. The van der Waals surface area contributed by atoms with Crippen LogP contribution in [0.1, 0.15) is 39.0 Å². The molecule has 4 N–H and O–H groups in total. The number of hydrogen-bond acceptors (Lipinski definition) is 8. The molecule has 0 saturated carbocycles. The third-order valence-corrected chi connectivity index (χ3v) is 11.1. The average Bonchev–Trinajstić information content (AvgIpc) is 3.36. The second kappa shape index (κ2) is 16.4. The number of para-hydroxylation sites is 1. The maximum atomic E-state index is 14.2. The largest absolute Gasteiger partial charge is 0.397 e. The number of carbonyl (C=O) groups excluding carboxylic acids is 3. The lowest BCUT2D eigenvalue weighted by atomic mass is 9.97. The molecule has 3 atom stereocenters. The van der Waals surface area contributed by atoms with Crippen molar-refractivity contribution in [3.8, 4) is 0 Å². The Balaban J connectivity index is 1.38. The minimum absolute atomic E-state index is 0.0553. The van der Waals surface area contributed by atoms with Crippen molar-refractivity contribution in [1.82, 2.24) is 24.4 Å². The first-order valence-corrected chi connectivity index (χ1v) is 19.0. The van der Waals surface area contributed by atoms with E-state index in [-0.39, 0.29) is 54.1 Å². The van der Waals surface area contributed by atoms with Crippen LogP contribution in [0.2, 0.25) is 5.02 Å². The molecule has 52 heavy (non-hydrogen) atoms. The van der Waals surface area contributed by atoms with Gasteiger partial charge in [-0.2, -0.15) is 4.31 Å². The monoisotopic (exact) mass is 748 g/mol. The number of carbonyl (C=O) groups is 3. The lowest BCUT2D eigenvalue weighted by Crippen LogP contribution is -2.57. The number of aromatic nitrogens is 1. The molecule has 0 aliphatic carbocycles. The topological polar surface area (TPSA) is 166 Å². The van der Waals surface area contributed by atoms with Crippen LogP contribution in [0.4, 0.5) is 10.5 Å². The Morgan fingerprint density at radius 2 is 1.67 bits per heavy atom. The number of halogens is 1. The number of amides is 4. The van der Waals surface area contributed by atoms with Gasteiger partial charge in [-0.05, 0) is 54.2 Å². The van der Waals surface area contributed by atoms with E-state index < -0.39 is 52.0 Å². The Kier molecular flexibility index (Phi) is 12.2. The van der Waals surface area contributed by atoms with Gasteiger partial charge in [0.1, 0.15) is 12.6 Å². The molecular weight excluding hydrogens is 704 g/mol. The Morgan fingerprint density at radius 1 is 0.981 bits per heavy atom. The van der Waals surface area contributed by atoms with Crippen LogP contribution in [0.15, 0.2) is 89.8 Å². The maximum absolute atomic E-state index is 14.2. The highest BCUT2D eigenvalue weighted by molar-refractivity contribution is 7.89. The number of fused-ring (bicyclic) bond motifs is 1. The summed E-state index contributed by atoms with van der Waals surface area (Å²) in [4.78, 5) is 48.0. The van der Waals surface area contributed by atoms with Crippen LogP contribution in [0, 0.1) is 11.8 Å². The van der Waals surface area contributed by atoms with E-state index in [1.165, 1.54) is 27.4 Å². The van der Waals surface area contributed by atoms with Crippen LogP contribution in [-0.4, -0.2) is 88.3 Å². The number of nitrogens with one attached hydrogen (secondary N) is 1. The van der Waals surface area contributed by atoms with Gasteiger partial charge in [0.25, 0.3) is 5.91 Å². The molecule has 3 aromatic carbocycles. The molecule has 1 aliphatic rings. The van der Waals surface area contributed by atoms with Crippen molar-refractivity contribution in [3.63, 3.8) is 0 Å². The summed E-state index contributed by atoms with van der Waals surface area (Å²) in [5, 5.41) is 15.8. The number of pyridine rings is 1. The number of imide groups is 1. The minimum atomic E-state index is -4.14. The van der Waals surface area contributed by atoms with Crippen LogP contribution in [-0.2, 0) is 32.6 Å². The summed E-state index contributed by atoms with van der Waals surface area (Å²) in [5.41, 5.74) is 8.08. The highest BCUT2D eigenvalue weighted by atomic mass is 35.5. The standard InChI is InChI=1S/C38H45ClN6O6S/c1-24(2)20-43(52(50,51)29-16-17-30(39)31(40)19-29)22-34(46)33(18-26-10-6-5-7-11-26)42-37(48)36(25(3)4)45-23-35(47)44(38(45)49)21-28-15-14-27-12-8-9-13-32(27)41-28/h5-17,19,24-25,33-34,36,46H,18,20-23,40H2,1-4H3,(H,42,48)/t33-,34-,36-/m0/s1. The number of nitrogen functional groups attached to an aromatic ring is 1. The minimum Gasteiger partial charge on any atom is -0.397 e. The molecule has 4 amide bonds. The molecule has 276 valence electrons. The fourth-order valence-electron chi connectivity index (χ4n) is 6.36. The summed E-state index contributed by atoms with van der Waals surface area (Å²) in [6.07, 6.45) is -1.21. The van der Waals surface area contributed by atoms with Gasteiger partial charge < -0.3 is 21.1 Å². The number of benzene rings is 3. The van der Waals surface area contributed by atoms with Crippen molar-refractivity contribution in [2.24, 2.45) is 11.8 Å². The van der Waals surface area contributed by atoms with Gasteiger partial charge in [-0.15, -0.1) is 0 Å². The van der Waals surface area contributed by atoms with Crippen molar-refractivity contribution in [1.29, 1.82) is 0 Å². The van der Waals surface area contributed by atoms with Gasteiger partial charge in [-0.3, -0.25) is 19.5 Å². The highest BCUT2D eigenvalue weighted by Crippen LogP contribution is 2.27. The molecule has 1 fully saturated rings. The smallest absolute Gasteiger partial charge is 0.328 e. The zero-order valence-electron chi connectivity index (χ0n) is 29.6. The summed E-state index contributed by atoms with van der Waals surface area (Å²) in [6.45, 7) is 6.62. The van der Waals surface area contributed by atoms with E-state index in [1.54, 1.807) is 19.9 Å². The van der Waals surface area contributed by atoms with Crippen LogP contribution in [0.25, 0.3) is 10.9 Å². The van der Waals surface area contributed by atoms with Gasteiger partial charge in [-0.25, -0.2) is 13.2 Å². The zero-order valence-corrected chi connectivity index (χ0v) is 31.2. The van der Waals surface area contributed by atoms with Crippen molar-refractivity contribution in [2.75, 3.05) is 25.4 Å². The maximum Gasteiger partial charge on any atom is 0.328 e. The molecule has 14 heteroatoms. The molecule has 0 bridgehead atoms. The summed E-state index contributed by atoms with van der Waals surface area (Å²) in [7, 11) is -4.14. The molecule has 0 spiro atoms. The second-order valence-corrected chi connectivity index (χ2v) is 16.2. The van der Waals surface area contributed by atoms with Gasteiger partial charge in [-0.1, -0.05) is 93.9 Å². The van der Waals surface area contributed by atoms with E-state index in [0.717, 1.165) is 21.4 Å². The lowest BCUT2D eigenvalue weighted by Gasteiger charge is -2.34. The van der Waals surface area contributed by atoms with Crippen LogP contribution >= 0.6 is 11.6 Å². The normalized spacial score (nSPS) is 15.6. The average molecular weight is 749 g/mol. The number of anilines is 1. The third-order valence-electron chi connectivity index (χ3n) is 8.95. The second-order valence-electron chi connectivity index (χ2n) is 13.8. The molecule has 0 radical (unpaired) electrons. The number of aliphatic hydroxyl groups excluding tert-OH is 1. The number of hydrogen-bond donors (Lipinski definition) is 3. The Labute approximate surface area is 309 Å². The Morgan fingerprint density at radius 3 is 2.35 bits per heavy atom. The van der Waals surface area contributed by atoms with Crippen LogP contribution in [0.5, 0.6) is 0 Å². The molecule has 12 nitrogen and oxygen atoms in total. The molecule has 2 heterocycles. The number of nitrogens with zero attached hydrogens (tertiary/aromatic N) is 4. The van der Waals surface area contributed by atoms with Crippen molar-refractivity contribution < 1.29 is 27.9 Å². The third kappa shape index (κ3) is 8.90. The van der Waals surface area contributed by atoms with Crippen molar-refractivity contribution in [2.45, 2.75) is 63.7 Å². The zero-order chi connectivity index (χ0) is 37.7. The van der Waals surface area contributed by atoms with Gasteiger partial charge in [0.2, 0.25) is 15.9 Å². The van der Waals surface area contributed by atoms with E-state index in [0.29, 0.717) is 5.69 Å². The molecule has 5 rings (SSSR count). The number of urea groups is 1. The van der Waals surface area contributed by atoms with Gasteiger partial charge in [0, 0.05) is 18.5 Å². The Bertz CT molecular complexity index is 2030. The number of rotatable bonds is 15. The van der Waals surface area contributed by atoms with E-state index >= 15 is 0 Å². The first-order valence-electron chi connectivity index (χ1n) is 17.2. The lowest BCUT2D eigenvalue weighted by molar-refractivity contribution is -0.129. The Hall–Kier alpha value is -4.56. The van der Waals surface area contributed by atoms with E-state index in [9.17, 15) is 27.9 Å². The summed E-state index contributed by atoms with van der Waals surface area (Å²) < 4.78 is 28.9. The summed E-state index contributed by atoms with van der Waals surface area (Å²) in [5.74, 6) is -1.56. The predicted molar refractivity (Wildman–Crippen MR) is 201 cm³/mol. The van der Waals surface area contributed by atoms with Gasteiger partial charge >= 0.3 is 6.03 Å². The summed E-state index contributed by atoms with van der Waals surface area (Å²) in [6, 6.07) is 21.7. The SMILES string of the molecule is CC(C)CN(C[C@H](O)[C@H](Cc1ccccc1)NC(=O)[C@H](C(C)C)N1CC(=O)N(Cc2ccc3ccccc3n2)C1=O)S(=O)(=O)c1ccc(Cl)c(N)c1. The highest BCUT2D eigenvalue weighted by Gasteiger charge is 2.44. The van der Waals surface area contributed by atoms with E-state index in [1.807, 2.05) is 74.5 Å². The van der Waals surface area contributed by atoms with Gasteiger partial charge in [0.05, 0.1) is 45.5 Å². The number of sulfonamides is 1. The quantitative estimate of drug-likeness (QED) is 0.116. The van der Waals surface area contributed by atoms with Crippen molar-refractivity contribution in [3.05, 3.63) is 101 Å². The van der Waals surface area contributed by atoms with Crippen LogP contribution in [0.3, 0.4) is 0 Å². The molecular formula is C38H45ClN6O6S. The molecule has 1 aliphatic heterocycles.